The molecule has 0 N–H and O–H groups in total. The Hall–Kier alpha value is -0.520. The quantitative estimate of drug-likeness (QED) is 0.0967. The first-order valence-corrected chi connectivity index (χ1v) is 14.2. The zero-order valence-corrected chi connectivity index (χ0v) is 21.1. The lowest BCUT2D eigenvalue weighted by atomic mass is 10.0. The Bertz CT molecular complexity index is 327. The van der Waals surface area contributed by atoms with E-state index in [0.717, 1.165) is 0 Å². The van der Waals surface area contributed by atoms with Gasteiger partial charge in [-0.2, -0.15) is 0 Å². The van der Waals surface area contributed by atoms with Gasteiger partial charge in [0, 0.05) is 0 Å². The van der Waals surface area contributed by atoms with Gasteiger partial charge in [0.1, 0.15) is 0 Å². The van der Waals surface area contributed by atoms with Crippen molar-refractivity contribution in [3.05, 3.63) is 24.8 Å². The fourth-order valence-corrected chi connectivity index (χ4v) is 4.42. The molecule has 30 heavy (non-hydrogen) atoms. The Kier molecular flexibility index (Phi) is 28.0. The summed E-state index contributed by atoms with van der Waals surface area (Å²) in [4.78, 5) is 0. The second-order valence-corrected chi connectivity index (χ2v) is 9.58. The molecule has 178 valence electrons. The molecule has 0 fully saturated rings. The molecule has 0 aromatic carbocycles. The number of hydrogen-bond donors (Lipinski definition) is 0. The third kappa shape index (κ3) is 27.5. The second-order valence-electron chi connectivity index (χ2n) is 9.58. The summed E-state index contributed by atoms with van der Waals surface area (Å²) >= 11 is 0. The summed E-state index contributed by atoms with van der Waals surface area (Å²) in [5, 5.41) is 0. The average molecular weight is 419 g/mol. The molecule has 0 atom stereocenters. The Morgan fingerprint density at radius 1 is 0.400 bits per heavy atom. The lowest BCUT2D eigenvalue weighted by molar-refractivity contribution is 0.517. The van der Waals surface area contributed by atoms with Crippen LogP contribution in [-0.4, -0.2) is 0 Å². The van der Waals surface area contributed by atoms with Crippen LogP contribution in [-0.2, 0) is 0 Å². The molecule has 0 rings (SSSR count). The molecule has 0 radical (unpaired) electrons. The highest BCUT2D eigenvalue weighted by molar-refractivity contribution is 4.96. The SMILES string of the molecule is C=C/C=C/CCCCCCCCCCCCCCCCCCCCCCCCCC. The summed E-state index contributed by atoms with van der Waals surface area (Å²) < 4.78 is 0. The maximum Gasteiger partial charge on any atom is -0.0348 e. The largest absolute Gasteiger partial charge is 0.0991 e. The van der Waals surface area contributed by atoms with Crippen LogP contribution in [0.1, 0.15) is 167 Å². The molecule has 0 bridgehead atoms. The first kappa shape index (κ1) is 29.5. The third-order valence-corrected chi connectivity index (χ3v) is 6.50. The van der Waals surface area contributed by atoms with E-state index in [0.29, 0.717) is 0 Å². The van der Waals surface area contributed by atoms with Gasteiger partial charge in [-0.05, 0) is 12.8 Å². The highest BCUT2D eigenvalue weighted by Crippen LogP contribution is 2.15. The Labute approximate surface area is 192 Å². The summed E-state index contributed by atoms with van der Waals surface area (Å²) in [5.41, 5.74) is 0. The smallest absolute Gasteiger partial charge is 0.0348 e. The third-order valence-electron chi connectivity index (χ3n) is 6.50. The van der Waals surface area contributed by atoms with Gasteiger partial charge in [-0.3, -0.25) is 0 Å². The van der Waals surface area contributed by atoms with E-state index >= 15 is 0 Å². The van der Waals surface area contributed by atoms with Crippen LogP contribution in [0.4, 0.5) is 0 Å². The predicted molar refractivity (Wildman–Crippen MR) is 140 cm³/mol. The second kappa shape index (κ2) is 28.5. The van der Waals surface area contributed by atoms with Crippen molar-refractivity contribution in [3.63, 3.8) is 0 Å². The van der Waals surface area contributed by atoms with E-state index in [1.54, 1.807) is 0 Å². The number of rotatable bonds is 26. The van der Waals surface area contributed by atoms with Gasteiger partial charge in [0.05, 0.1) is 0 Å². The van der Waals surface area contributed by atoms with Crippen molar-refractivity contribution in [2.45, 2.75) is 167 Å². The van der Waals surface area contributed by atoms with Gasteiger partial charge in [0.25, 0.3) is 0 Å². The van der Waals surface area contributed by atoms with Crippen LogP contribution in [0.2, 0.25) is 0 Å². The zero-order chi connectivity index (χ0) is 21.8. The van der Waals surface area contributed by atoms with E-state index < -0.39 is 0 Å². The summed E-state index contributed by atoms with van der Waals surface area (Å²) in [6.45, 7) is 6.01. The fourth-order valence-electron chi connectivity index (χ4n) is 4.42. The molecule has 0 heterocycles. The van der Waals surface area contributed by atoms with Gasteiger partial charge in [-0.25, -0.2) is 0 Å². The van der Waals surface area contributed by atoms with Crippen molar-refractivity contribution in [2.24, 2.45) is 0 Å². The van der Waals surface area contributed by atoms with Gasteiger partial charge in [0.15, 0.2) is 0 Å². The monoisotopic (exact) mass is 418 g/mol. The van der Waals surface area contributed by atoms with E-state index in [1.165, 1.54) is 161 Å². The lowest BCUT2D eigenvalue weighted by Gasteiger charge is -2.04. The molecule has 0 nitrogen and oxygen atoms in total. The van der Waals surface area contributed by atoms with Crippen LogP contribution in [0, 0.1) is 0 Å². The molecule has 0 saturated carbocycles. The fraction of sp³-hybridized carbons (Fsp3) is 0.867. The molecule has 0 saturated heterocycles. The van der Waals surface area contributed by atoms with Crippen molar-refractivity contribution in [1.29, 1.82) is 0 Å². The normalized spacial score (nSPS) is 11.5. The van der Waals surface area contributed by atoms with E-state index in [4.69, 9.17) is 0 Å². The first-order valence-electron chi connectivity index (χ1n) is 14.2. The van der Waals surface area contributed by atoms with Crippen molar-refractivity contribution in [1.82, 2.24) is 0 Å². The van der Waals surface area contributed by atoms with Crippen molar-refractivity contribution in [2.75, 3.05) is 0 Å². The van der Waals surface area contributed by atoms with E-state index in [1.807, 2.05) is 6.08 Å². The number of hydrogen-bond acceptors (Lipinski definition) is 0. The molecular formula is C30H58. The summed E-state index contributed by atoms with van der Waals surface area (Å²) in [5.74, 6) is 0. The minimum absolute atomic E-state index is 1.23. The zero-order valence-electron chi connectivity index (χ0n) is 21.1. The van der Waals surface area contributed by atoms with Crippen molar-refractivity contribution in [3.8, 4) is 0 Å². The van der Waals surface area contributed by atoms with E-state index in [2.05, 4.69) is 25.7 Å². The Balaban J connectivity index is 3.00. The minimum Gasteiger partial charge on any atom is -0.0991 e. The lowest BCUT2D eigenvalue weighted by Crippen LogP contribution is -1.84. The molecule has 0 aliphatic carbocycles. The van der Waals surface area contributed by atoms with Gasteiger partial charge in [0.2, 0.25) is 0 Å². The Morgan fingerprint density at radius 3 is 0.933 bits per heavy atom. The van der Waals surface area contributed by atoms with E-state index in [-0.39, 0.29) is 0 Å². The van der Waals surface area contributed by atoms with Crippen LogP contribution in [0.25, 0.3) is 0 Å². The molecule has 0 heteroatoms. The number of allylic oxidation sites excluding steroid dienone is 3. The summed E-state index contributed by atoms with van der Waals surface area (Å²) in [6, 6.07) is 0. The molecule has 0 aliphatic rings. The molecule has 0 spiro atoms. The van der Waals surface area contributed by atoms with Gasteiger partial charge in [-0.1, -0.05) is 179 Å². The van der Waals surface area contributed by atoms with E-state index in [9.17, 15) is 0 Å². The van der Waals surface area contributed by atoms with Gasteiger partial charge < -0.3 is 0 Å². The highest BCUT2D eigenvalue weighted by atomic mass is 14.0. The first-order chi connectivity index (χ1) is 14.9. The average Bonchev–Trinajstić information content (AvgIpc) is 2.76. The van der Waals surface area contributed by atoms with Crippen LogP contribution < -0.4 is 0 Å². The van der Waals surface area contributed by atoms with Crippen molar-refractivity contribution >= 4 is 0 Å². The number of unbranched alkanes of at least 4 members (excludes halogenated alkanes) is 24. The molecular weight excluding hydrogens is 360 g/mol. The highest BCUT2D eigenvalue weighted by Gasteiger charge is 1.96. The molecule has 0 amide bonds. The molecule has 0 unspecified atom stereocenters. The van der Waals surface area contributed by atoms with Crippen LogP contribution >= 0.6 is 0 Å². The molecule has 0 aliphatic heterocycles. The van der Waals surface area contributed by atoms with Crippen molar-refractivity contribution < 1.29 is 0 Å². The maximum atomic E-state index is 3.71. The topological polar surface area (TPSA) is 0 Å². The maximum absolute atomic E-state index is 3.71. The summed E-state index contributed by atoms with van der Waals surface area (Å²) in [6.07, 6.45) is 42.5. The van der Waals surface area contributed by atoms with Crippen LogP contribution in [0.3, 0.4) is 0 Å². The molecule has 0 aromatic heterocycles. The van der Waals surface area contributed by atoms with Crippen LogP contribution in [0.5, 0.6) is 0 Å². The minimum atomic E-state index is 1.23. The Morgan fingerprint density at radius 2 is 0.667 bits per heavy atom. The van der Waals surface area contributed by atoms with Gasteiger partial charge in [-0.15, -0.1) is 0 Å². The summed E-state index contributed by atoms with van der Waals surface area (Å²) in [7, 11) is 0. The predicted octanol–water partition coefficient (Wildman–Crippen LogP) is 11.5. The molecule has 0 aromatic rings. The van der Waals surface area contributed by atoms with Crippen LogP contribution in [0.15, 0.2) is 24.8 Å². The standard InChI is InChI=1S/C30H58/c1-3-5-7-9-11-13-15-17-19-21-23-25-27-29-30-28-26-24-22-20-18-16-14-12-10-8-6-4-2/h3,5,7H,1,4,6,8-30H2,2H3/b7-5+. The van der Waals surface area contributed by atoms with Gasteiger partial charge >= 0.3 is 0 Å².